The number of ether oxygens (including phenoxy) is 4. The molecule has 0 radical (unpaired) electrons. The summed E-state index contributed by atoms with van der Waals surface area (Å²) < 4.78 is 21.7. The summed E-state index contributed by atoms with van der Waals surface area (Å²) in [7, 11) is 4.77. The summed E-state index contributed by atoms with van der Waals surface area (Å²) in [6.07, 6.45) is 2.46. The first-order valence-corrected chi connectivity index (χ1v) is 9.17. The van der Waals surface area contributed by atoms with Crippen LogP contribution in [0.25, 0.3) is 5.70 Å². The van der Waals surface area contributed by atoms with Crippen molar-refractivity contribution in [3.05, 3.63) is 53.1 Å². The number of benzene rings is 2. The summed E-state index contributed by atoms with van der Waals surface area (Å²) in [5, 5.41) is 3.31. The highest BCUT2D eigenvalue weighted by molar-refractivity contribution is 6.09. The first kappa shape index (κ1) is 19.6. The normalized spacial score (nSPS) is 14.1. The van der Waals surface area contributed by atoms with E-state index in [1.54, 1.807) is 45.6 Å². The van der Waals surface area contributed by atoms with Gasteiger partial charge in [-0.15, -0.1) is 0 Å². The van der Waals surface area contributed by atoms with Gasteiger partial charge in [0.25, 0.3) is 0 Å². The van der Waals surface area contributed by atoms with Gasteiger partial charge in [-0.2, -0.15) is 0 Å². The Balaban J connectivity index is 1.96. The minimum absolute atomic E-state index is 0.119. The molecule has 0 fully saturated rings. The summed E-state index contributed by atoms with van der Waals surface area (Å²) in [6, 6.07) is 9.06. The molecule has 0 bridgehead atoms. The number of fused-ring (bicyclic) bond motifs is 1. The number of rotatable bonds is 7. The highest BCUT2D eigenvalue weighted by atomic mass is 16.5. The van der Waals surface area contributed by atoms with Crippen LogP contribution in [0.5, 0.6) is 23.0 Å². The number of allylic oxidation sites excluding steroid dienone is 1. The van der Waals surface area contributed by atoms with Gasteiger partial charge in [-0.1, -0.05) is 0 Å². The number of ketones is 1. The molecule has 1 aliphatic rings. The first-order chi connectivity index (χ1) is 13.6. The number of hydrogen-bond acceptors (Lipinski definition) is 6. The van der Waals surface area contributed by atoms with Crippen molar-refractivity contribution >= 4 is 11.5 Å². The molecular formula is C22H25NO5. The lowest BCUT2D eigenvalue weighted by Gasteiger charge is -2.23. The molecule has 0 aromatic heterocycles. The fourth-order valence-corrected chi connectivity index (χ4v) is 3.24. The lowest BCUT2D eigenvalue weighted by Crippen LogP contribution is -2.23. The number of nitrogens with one attached hydrogen (secondary N) is 1. The van der Waals surface area contributed by atoms with Crippen molar-refractivity contribution in [2.45, 2.75) is 13.3 Å². The van der Waals surface area contributed by atoms with Crippen LogP contribution in [-0.2, 0) is 6.42 Å². The fourth-order valence-electron chi connectivity index (χ4n) is 3.24. The molecule has 2 aromatic rings. The Morgan fingerprint density at radius 3 is 2.36 bits per heavy atom. The second kappa shape index (κ2) is 8.69. The van der Waals surface area contributed by atoms with Gasteiger partial charge in [0, 0.05) is 29.4 Å². The molecule has 6 heteroatoms. The zero-order chi connectivity index (χ0) is 20.1. The Kier molecular flexibility index (Phi) is 6.09. The van der Waals surface area contributed by atoms with Crippen molar-refractivity contribution in [1.29, 1.82) is 0 Å². The van der Waals surface area contributed by atoms with Crippen LogP contribution in [0.1, 0.15) is 28.4 Å². The van der Waals surface area contributed by atoms with E-state index >= 15 is 0 Å². The molecule has 0 saturated heterocycles. The molecule has 0 atom stereocenters. The number of carbonyl (C=O) groups excluding carboxylic acids is 1. The van der Waals surface area contributed by atoms with Crippen molar-refractivity contribution in [1.82, 2.24) is 5.32 Å². The van der Waals surface area contributed by atoms with Crippen LogP contribution in [0.15, 0.2) is 36.4 Å². The average molecular weight is 383 g/mol. The van der Waals surface area contributed by atoms with Crippen molar-refractivity contribution in [2.75, 3.05) is 34.5 Å². The number of methoxy groups -OCH3 is 3. The molecular weight excluding hydrogens is 358 g/mol. The van der Waals surface area contributed by atoms with Gasteiger partial charge in [0.2, 0.25) is 0 Å². The molecule has 0 unspecified atom stereocenters. The molecule has 6 nitrogen and oxygen atoms in total. The highest BCUT2D eigenvalue weighted by Gasteiger charge is 2.19. The van der Waals surface area contributed by atoms with Gasteiger partial charge < -0.3 is 24.3 Å². The largest absolute Gasteiger partial charge is 0.493 e. The van der Waals surface area contributed by atoms with E-state index in [-0.39, 0.29) is 5.78 Å². The standard InChI is InChI=1S/C22H25NO5/c1-5-28-19-7-6-15(11-20(19)25-2)18(24)13-17-16-12-22(27-4)21(26-3)10-14(16)8-9-23-17/h6-7,10-13,23H,5,8-9H2,1-4H3. The third kappa shape index (κ3) is 3.91. The van der Waals surface area contributed by atoms with E-state index in [0.29, 0.717) is 35.2 Å². The second-order valence-corrected chi connectivity index (χ2v) is 6.26. The Morgan fingerprint density at radius 1 is 1.00 bits per heavy atom. The molecule has 0 saturated carbocycles. The van der Waals surface area contributed by atoms with Gasteiger partial charge >= 0.3 is 0 Å². The smallest absolute Gasteiger partial charge is 0.188 e. The van der Waals surface area contributed by atoms with Crippen LogP contribution >= 0.6 is 0 Å². The van der Waals surface area contributed by atoms with Gasteiger partial charge in [0.15, 0.2) is 28.8 Å². The molecule has 148 valence electrons. The van der Waals surface area contributed by atoms with E-state index in [4.69, 9.17) is 18.9 Å². The Labute approximate surface area is 165 Å². The molecule has 3 rings (SSSR count). The predicted molar refractivity (Wildman–Crippen MR) is 108 cm³/mol. The summed E-state index contributed by atoms with van der Waals surface area (Å²) in [5.41, 5.74) is 3.34. The van der Waals surface area contributed by atoms with Gasteiger partial charge in [-0.3, -0.25) is 4.79 Å². The monoisotopic (exact) mass is 383 g/mol. The highest BCUT2D eigenvalue weighted by Crippen LogP contribution is 2.35. The lowest BCUT2D eigenvalue weighted by molar-refractivity contribution is 0.104. The fraction of sp³-hybridized carbons (Fsp3) is 0.318. The maximum absolute atomic E-state index is 12.9. The third-order valence-corrected chi connectivity index (χ3v) is 4.63. The maximum atomic E-state index is 12.9. The van der Waals surface area contributed by atoms with Gasteiger partial charge in [0.05, 0.1) is 27.9 Å². The molecule has 1 N–H and O–H groups in total. The SMILES string of the molecule is CCOc1ccc(C(=O)C=C2NCCc3cc(OC)c(OC)cc32)cc1OC. The molecule has 1 heterocycles. The van der Waals surface area contributed by atoms with Gasteiger partial charge in [-0.25, -0.2) is 0 Å². The van der Waals surface area contributed by atoms with Crippen LogP contribution in [-0.4, -0.2) is 40.3 Å². The topological polar surface area (TPSA) is 66.0 Å². The molecule has 1 aliphatic heterocycles. The van der Waals surface area contributed by atoms with Crippen molar-refractivity contribution in [3.63, 3.8) is 0 Å². The van der Waals surface area contributed by atoms with E-state index in [1.807, 2.05) is 19.1 Å². The van der Waals surface area contributed by atoms with Crippen LogP contribution in [0.3, 0.4) is 0 Å². The summed E-state index contributed by atoms with van der Waals surface area (Å²) in [5.74, 6) is 2.35. The Bertz CT molecular complexity index is 904. The number of carbonyl (C=O) groups is 1. The van der Waals surface area contributed by atoms with Gasteiger partial charge in [-0.05, 0) is 49.2 Å². The second-order valence-electron chi connectivity index (χ2n) is 6.26. The predicted octanol–water partition coefficient (Wildman–Crippen LogP) is 3.48. The van der Waals surface area contributed by atoms with Crippen LogP contribution in [0.4, 0.5) is 0 Å². The van der Waals surface area contributed by atoms with E-state index in [2.05, 4.69) is 5.32 Å². The zero-order valence-corrected chi connectivity index (χ0v) is 16.6. The summed E-state index contributed by atoms with van der Waals surface area (Å²) in [4.78, 5) is 12.9. The maximum Gasteiger partial charge on any atom is 0.188 e. The third-order valence-electron chi connectivity index (χ3n) is 4.63. The molecule has 0 amide bonds. The Hall–Kier alpha value is -3.15. The average Bonchev–Trinajstić information content (AvgIpc) is 2.73. The van der Waals surface area contributed by atoms with Crippen molar-refractivity contribution in [3.8, 4) is 23.0 Å². The Morgan fingerprint density at radius 2 is 1.68 bits per heavy atom. The van der Waals surface area contributed by atoms with E-state index in [9.17, 15) is 4.79 Å². The van der Waals surface area contributed by atoms with E-state index in [1.165, 1.54) is 0 Å². The molecule has 2 aromatic carbocycles. The van der Waals surface area contributed by atoms with E-state index in [0.717, 1.165) is 29.8 Å². The minimum atomic E-state index is -0.119. The lowest BCUT2D eigenvalue weighted by atomic mass is 9.95. The molecule has 0 aliphatic carbocycles. The summed E-state index contributed by atoms with van der Waals surface area (Å²) >= 11 is 0. The van der Waals surface area contributed by atoms with Crippen LogP contribution in [0.2, 0.25) is 0 Å². The molecule has 28 heavy (non-hydrogen) atoms. The van der Waals surface area contributed by atoms with Gasteiger partial charge in [0.1, 0.15) is 0 Å². The van der Waals surface area contributed by atoms with Crippen molar-refractivity contribution < 1.29 is 23.7 Å². The first-order valence-electron chi connectivity index (χ1n) is 9.17. The number of hydrogen-bond donors (Lipinski definition) is 1. The molecule has 0 spiro atoms. The van der Waals surface area contributed by atoms with Crippen LogP contribution in [0, 0.1) is 0 Å². The van der Waals surface area contributed by atoms with E-state index < -0.39 is 0 Å². The zero-order valence-electron chi connectivity index (χ0n) is 16.6. The quantitative estimate of drug-likeness (QED) is 0.583. The van der Waals surface area contributed by atoms with Crippen molar-refractivity contribution in [2.24, 2.45) is 0 Å². The minimum Gasteiger partial charge on any atom is -0.493 e. The summed E-state index contributed by atoms with van der Waals surface area (Å²) in [6.45, 7) is 3.17. The van der Waals surface area contributed by atoms with Crippen LogP contribution < -0.4 is 24.3 Å².